The Morgan fingerprint density at radius 2 is 2.12 bits per heavy atom. The van der Waals surface area contributed by atoms with E-state index in [1.54, 1.807) is 38.4 Å². The normalized spacial score (nSPS) is 12.2. The molecule has 0 aliphatic carbocycles. The van der Waals surface area contributed by atoms with E-state index in [9.17, 15) is 9.18 Å². The lowest BCUT2D eigenvalue weighted by molar-refractivity contribution is 0.0343. The number of carbonyl (C=O) groups excluding carboxylic acids is 1. The van der Waals surface area contributed by atoms with E-state index >= 15 is 0 Å². The monoisotopic (exact) mass is 345 g/mol. The lowest BCUT2D eigenvalue weighted by Gasteiger charge is -2.11. The number of carbonyl (C=O) groups is 1. The van der Waals surface area contributed by atoms with Gasteiger partial charge in [0.15, 0.2) is 0 Å². The minimum absolute atomic E-state index is 0.321. The summed E-state index contributed by atoms with van der Waals surface area (Å²) in [6.45, 7) is 3.60. The molecule has 5 nitrogen and oxygen atoms in total. The van der Waals surface area contributed by atoms with Gasteiger partial charge in [-0.15, -0.1) is 11.3 Å². The Morgan fingerprint density at radius 3 is 2.79 bits per heavy atom. The van der Waals surface area contributed by atoms with Crippen molar-refractivity contribution in [2.24, 2.45) is 7.05 Å². The average molecular weight is 345 g/mol. The smallest absolute Gasteiger partial charge is 0.341 e. The second kappa shape index (κ2) is 6.52. The maximum atomic E-state index is 13.9. The number of nitrogens with zero attached hydrogens (tertiary/aromatic N) is 3. The number of thiazole rings is 1. The standard InChI is InChI=1S/C17H16FN3O2S/c1-10-15(11(2)23-17(22)12-8-19-21(3)9-12)24-16(20-10)13-6-4-5-7-14(13)18/h4-9,11H,1-3H3/t11-/m0/s1. The first-order chi connectivity index (χ1) is 11.5. The molecule has 1 aromatic carbocycles. The molecule has 3 rings (SSSR count). The van der Waals surface area contributed by atoms with Crippen LogP contribution in [0.1, 0.15) is 34.0 Å². The van der Waals surface area contributed by atoms with Crippen LogP contribution in [-0.2, 0) is 11.8 Å². The summed E-state index contributed by atoms with van der Waals surface area (Å²) < 4.78 is 20.9. The highest BCUT2D eigenvalue weighted by atomic mass is 32.1. The molecule has 0 N–H and O–H groups in total. The van der Waals surface area contributed by atoms with Crippen LogP contribution in [0.2, 0.25) is 0 Å². The van der Waals surface area contributed by atoms with Crippen molar-refractivity contribution in [2.75, 3.05) is 0 Å². The molecule has 0 amide bonds. The van der Waals surface area contributed by atoms with Crippen LogP contribution in [0.15, 0.2) is 36.7 Å². The summed E-state index contributed by atoms with van der Waals surface area (Å²) in [6.07, 6.45) is 2.58. The zero-order valence-electron chi connectivity index (χ0n) is 13.5. The molecule has 0 aliphatic heterocycles. The van der Waals surface area contributed by atoms with Gasteiger partial charge in [0.1, 0.15) is 16.9 Å². The average Bonchev–Trinajstić information content (AvgIpc) is 3.14. The van der Waals surface area contributed by atoms with E-state index in [0.717, 1.165) is 10.6 Å². The number of aromatic nitrogens is 3. The van der Waals surface area contributed by atoms with Crippen LogP contribution < -0.4 is 0 Å². The fourth-order valence-electron chi connectivity index (χ4n) is 2.34. The third kappa shape index (κ3) is 3.21. The van der Waals surface area contributed by atoms with Gasteiger partial charge in [-0.1, -0.05) is 12.1 Å². The SMILES string of the molecule is Cc1nc(-c2ccccc2F)sc1[C@H](C)OC(=O)c1cnn(C)c1. The lowest BCUT2D eigenvalue weighted by atomic mass is 10.2. The molecule has 0 fully saturated rings. The van der Waals surface area contributed by atoms with E-state index < -0.39 is 12.1 Å². The summed E-state index contributed by atoms with van der Waals surface area (Å²) >= 11 is 1.33. The van der Waals surface area contributed by atoms with Crippen molar-refractivity contribution < 1.29 is 13.9 Å². The van der Waals surface area contributed by atoms with Gasteiger partial charge in [0.2, 0.25) is 0 Å². The molecule has 0 bridgehead atoms. The van der Waals surface area contributed by atoms with E-state index in [2.05, 4.69) is 10.1 Å². The first-order valence-electron chi connectivity index (χ1n) is 7.37. The number of hydrogen-bond acceptors (Lipinski definition) is 5. The summed E-state index contributed by atoms with van der Waals surface area (Å²) in [5.74, 6) is -0.770. The largest absolute Gasteiger partial charge is 0.453 e. The summed E-state index contributed by atoms with van der Waals surface area (Å²) in [7, 11) is 1.73. The lowest BCUT2D eigenvalue weighted by Crippen LogP contribution is -2.08. The van der Waals surface area contributed by atoms with E-state index in [1.807, 2.05) is 6.92 Å². The minimum Gasteiger partial charge on any atom is -0.453 e. The zero-order chi connectivity index (χ0) is 17.3. The number of rotatable bonds is 4. The van der Waals surface area contributed by atoms with Crippen LogP contribution in [-0.4, -0.2) is 20.7 Å². The van der Waals surface area contributed by atoms with Gasteiger partial charge < -0.3 is 4.74 Å². The molecule has 0 spiro atoms. The van der Waals surface area contributed by atoms with Crippen LogP contribution in [0.3, 0.4) is 0 Å². The molecule has 2 aromatic heterocycles. The number of benzene rings is 1. The Morgan fingerprint density at radius 1 is 1.38 bits per heavy atom. The van der Waals surface area contributed by atoms with Crippen molar-refractivity contribution in [1.29, 1.82) is 0 Å². The fraction of sp³-hybridized carbons (Fsp3) is 0.235. The van der Waals surface area contributed by atoms with Crippen molar-refractivity contribution in [2.45, 2.75) is 20.0 Å². The number of ether oxygens (including phenoxy) is 1. The van der Waals surface area contributed by atoms with Crippen molar-refractivity contribution in [3.8, 4) is 10.6 Å². The van der Waals surface area contributed by atoms with Gasteiger partial charge in [0, 0.05) is 18.8 Å². The molecule has 1 atom stereocenters. The molecule has 0 radical (unpaired) electrons. The van der Waals surface area contributed by atoms with E-state index in [4.69, 9.17) is 4.74 Å². The molecule has 0 saturated carbocycles. The summed E-state index contributed by atoms with van der Waals surface area (Å²) in [5, 5.41) is 4.53. The second-order valence-corrected chi connectivity index (χ2v) is 6.43. The number of hydrogen-bond donors (Lipinski definition) is 0. The summed E-state index contributed by atoms with van der Waals surface area (Å²) in [6, 6.07) is 6.49. The first kappa shape index (κ1) is 16.3. The number of halogens is 1. The molecule has 3 aromatic rings. The predicted octanol–water partition coefficient (Wildman–Crippen LogP) is 3.91. The molecular formula is C17H16FN3O2S. The summed E-state index contributed by atoms with van der Waals surface area (Å²) in [5.41, 5.74) is 1.56. The Bertz CT molecular complexity index is 888. The number of esters is 1. The second-order valence-electron chi connectivity index (χ2n) is 5.40. The Labute approximate surface area is 142 Å². The minimum atomic E-state index is -0.476. The van der Waals surface area contributed by atoms with Crippen molar-refractivity contribution >= 4 is 17.3 Å². The Hall–Kier alpha value is -2.54. The highest BCUT2D eigenvalue weighted by molar-refractivity contribution is 7.15. The Kier molecular flexibility index (Phi) is 4.44. The molecule has 0 unspecified atom stereocenters. The van der Waals surface area contributed by atoms with E-state index in [0.29, 0.717) is 16.1 Å². The van der Waals surface area contributed by atoms with Gasteiger partial charge in [-0.2, -0.15) is 5.10 Å². The van der Waals surface area contributed by atoms with Crippen molar-refractivity contribution in [3.05, 3.63) is 58.6 Å². The molecule has 7 heteroatoms. The van der Waals surface area contributed by atoms with E-state index in [-0.39, 0.29) is 5.82 Å². The highest BCUT2D eigenvalue weighted by Crippen LogP contribution is 2.34. The van der Waals surface area contributed by atoms with Gasteiger partial charge in [-0.3, -0.25) is 4.68 Å². The van der Waals surface area contributed by atoms with Crippen LogP contribution >= 0.6 is 11.3 Å². The van der Waals surface area contributed by atoms with Crippen LogP contribution in [0.25, 0.3) is 10.6 Å². The first-order valence-corrected chi connectivity index (χ1v) is 8.19. The third-order valence-corrected chi connectivity index (χ3v) is 4.88. The molecule has 124 valence electrons. The zero-order valence-corrected chi connectivity index (χ0v) is 14.3. The quantitative estimate of drug-likeness (QED) is 0.673. The summed E-state index contributed by atoms with van der Waals surface area (Å²) in [4.78, 5) is 17.3. The predicted molar refractivity (Wildman–Crippen MR) is 89.3 cm³/mol. The molecule has 24 heavy (non-hydrogen) atoms. The van der Waals surface area contributed by atoms with Crippen LogP contribution in [0.4, 0.5) is 4.39 Å². The third-order valence-electron chi connectivity index (χ3n) is 3.53. The van der Waals surface area contributed by atoms with Gasteiger partial charge in [0.05, 0.1) is 22.3 Å². The van der Waals surface area contributed by atoms with Crippen molar-refractivity contribution in [1.82, 2.24) is 14.8 Å². The van der Waals surface area contributed by atoms with Gasteiger partial charge in [-0.05, 0) is 26.0 Å². The van der Waals surface area contributed by atoms with Gasteiger partial charge in [-0.25, -0.2) is 14.2 Å². The molecular weight excluding hydrogens is 329 g/mol. The maximum absolute atomic E-state index is 13.9. The molecule has 0 aliphatic rings. The van der Waals surface area contributed by atoms with Crippen LogP contribution in [0, 0.1) is 12.7 Å². The maximum Gasteiger partial charge on any atom is 0.341 e. The number of aryl methyl sites for hydroxylation is 2. The Balaban J connectivity index is 1.82. The van der Waals surface area contributed by atoms with Gasteiger partial charge in [0.25, 0.3) is 0 Å². The van der Waals surface area contributed by atoms with Crippen LogP contribution in [0.5, 0.6) is 0 Å². The van der Waals surface area contributed by atoms with Crippen molar-refractivity contribution in [3.63, 3.8) is 0 Å². The van der Waals surface area contributed by atoms with Gasteiger partial charge >= 0.3 is 5.97 Å². The fourth-order valence-corrected chi connectivity index (χ4v) is 3.42. The molecule has 2 heterocycles. The molecule has 0 saturated heterocycles. The topological polar surface area (TPSA) is 57.0 Å². The van der Waals surface area contributed by atoms with E-state index in [1.165, 1.54) is 28.3 Å². The highest BCUT2D eigenvalue weighted by Gasteiger charge is 2.21.